The van der Waals surface area contributed by atoms with Gasteiger partial charge in [-0.2, -0.15) is 4.98 Å². The SMILES string of the molecule is Cc1ccc(Cl)cc1NC(=O)CNCCc1ncno1. The van der Waals surface area contributed by atoms with Crippen molar-refractivity contribution in [3.63, 3.8) is 0 Å². The Kier molecular flexibility index (Phi) is 5.09. The molecule has 0 aliphatic rings. The van der Waals surface area contributed by atoms with Gasteiger partial charge in [-0.15, -0.1) is 0 Å². The number of nitrogens with zero attached hydrogens (tertiary/aromatic N) is 2. The molecule has 0 fully saturated rings. The number of anilines is 1. The van der Waals surface area contributed by atoms with Crippen molar-refractivity contribution in [2.75, 3.05) is 18.4 Å². The molecule has 0 bridgehead atoms. The first-order valence-electron chi connectivity index (χ1n) is 6.17. The molecule has 7 heteroatoms. The predicted molar refractivity (Wildman–Crippen MR) is 75.7 cm³/mol. The Hall–Kier alpha value is -1.92. The molecule has 1 aromatic heterocycles. The average molecular weight is 295 g/mol. The largest absolute Gasteiger partial charge is 0.340 e. The summed E-state index contributed by atoms with van der Waals surface area (Å²) < 4.78 is 4.85. The van der Waals surface area contributed by atoms with Gasteiger partial charge in [-0.25, -0.2) is 0 Å². The highest BCUT2D eigenvalue weighted by Crippen LogP contribution is 2.19. The van der Waals surface area contributed by atoms with E-state index in [1.54, 1.807) is 12.1 Å². The molecule has 0 radical (unpaired) electrons. The second-order valence-corrected chi connectivity index (χ2v) is 4.71. The molecule has 0 atom stereocenters. The van der Waals surface area contributed by atoms with Gasteiger partial charge < -0.3 is 15.2 Å². The highest BCUT2D eigenvalue weighted by Gasteiger charge is 2.05. The highest BCUT2D eigenvalue weighted by atomic mass is 35.5. The fraction of sp³-hybridized carbons (Fsp3) is 0.308. The molecule has 2 rings (SSSR count). The Morgan fingerprint density at radius 2 is 2.30 bits per heavy atom. The lowest BCUT2D eigenvalue weighted by Gasteiger charge is -2.09. The van der Waals surface area contributed by atoms with Crippen LogP contribution < -0.4 is 10.6 Å². The summed E-state index contributed by atoms with van der Waals surface area (Å²) in [5.74, 6) is 0.421. The number of halogens is 1. The molecule has 6 nitrogen and oxygen atoms in total. The molecule has 2 aromatic rings. The maximum atomic E-state index is 11.8. The number of hydrogen-bond acceptors (Lipinski definition) is 5. The van der Waals surface area contributed by atoms with Crippen molar-refractivity contribution >= 4 is 23.2 Å². The first-order valence-corrected chi connectivity index (χ1v) is 6.55. The van der Waals surface area contributed by atoms with Crippen LogP contribution in [0, 0.1) is 6.92 Å². The van der Waals surface area contributed by atoms with Gasteiger partial charge in [0.25, 0.3) is 0 Å². The van der Waals surface area contributed by atoms with Crippen LogP contribution in [0.1, 0.15) is 11.5 Å². The van der Waals surface area contributed by atoms with Gasteiger partial charge in [0.15, 0.2) is 6.33 Å². The van der Waals surface area contributed by atoms with Crippen molar-refractivity contribution in [3.8, 4) is 0 Å². The molecular formula is C13H15ClN4O2. The third-order valence-electron chi connectivity index (χ3n) is 2.68. The number of benzene rings is 1. The van der Waals surface area contributed by atoms with Crippen LogP contribution in [0.2, 0.25) is 5.02 Å². The summed E-state index contributed by atoms with van der Waals surface area (Å²) in [6.45, 7) is 2.71. The van der Waals surface area contributed by atoms with Crippen molar-refractivity contribution in [1.82, 2.24) is 15.5 Å². The Morgan fingerprint density at radius 1 is 1.45 bits per heavy atom. The summed E-state index contributed by atoms with van der Waals surface area (Å²) in [7, 11) is 0. The quantitative estimate of drug-likeness (QED) is 0.794. The standard InChI is InChI=1S/C13H15ClN4O2/c1-9-2-3-10(14)6-11(9)18-12(19)7-15-5-4-13-16-8-17-20-13/h2-3,6,8,15H,4-5,7H2,1H3,(H,18,19). The zero-order valence-electron chi connectivity index (χ0n) is 11.0. The van der Waals surface area contributed by atoms with E-state index in [0.29, 0.717) is 23.9 Å². The number of carbonyl (C=O) groups is 1. The van der Waals surface area contributed by atoms with Gasteiger partial charge in [0.1, 0.15) is 0 Å². The van der Waals surface area contributed by atoms with Crippen molar-refractivity contribution in [3.05, 3.63) is 41.0 Å². The maximum absolute atomic E-state index is 11.8. The second-order valence-electron chi connectivity index (χ2n) is 4.27. The molecule has 0 saturated carbocycles. The van der Waals surface area contributed by atoms with Gasteiger partial charge in [-0.1, -0.05) is 22.8 Å². The topological polar surface area (TPSA) is 80.0 Å². The number of aromatic nitrogens is 2. The predicted octanol–water partition coefficient (Wildman–Crippen LogP) is 1.80. The van der Waals surface area contributed by atoms with E-state index in [2.05, 4.69) is 20.8 Å². The van der Waals surface area contributed by atoms with Gasteiger partial charge in [0, 0.05) is 23.7 Å². The molecule has 2 N–H and O–H groups in total. The van der Waals surface area contributed by atoms with Crippen LogP contribution >= 0.6 is 11.6 Å². The summed E-state index contributed by atoms with van der Waals surface area (Å²) in [6.07, 6.45) is 1.94. The lowest BCUT2D eigenvalue weighted by Crippen LogP contribution is -2.29. The Labute approximate surface area is 121 Å². The first-order chi connectivity index (χ1) is 9.65. The second kappa shape index (κ2) is 7.02. The number of aryl methyl sites for hydroxylation is 1. The molecule has 0 aliphatic carbocycles. The molecule has 0 aliphatic heterocycles. The van der Waals surface area contributed by atoms with Crippen LogP contribution in [0.4, 0.5) is 5.69 Å². The van der Waals surface area contributed by atoms with E-state index < -0.39 is 0 Å². The van der Waals surface area contributed by atoms with Gasteiger partial charge in [-0.05, 0) is 24.6 Å². The zero-order chi connectivity index (χ0) is 14.4. The zero-order valence-corrected chi connectivity index (χ0v) is 11.8. The minimum absolute atomic E-state index is 0.124. The minimum atomic E-state index is -0.124. The average Bonchev–Trinajstić information content (AvgIpc) is 2.92. The molecule has 20 heavy (non-hydrogen) atoms. The summed E-state index contributed by atoms with van der Waals surface area (Å²) >= 11 is 5.89. The van der Waals surface area contributed by atoms with Crippen molar-refractivity contribution in [1.29, 1.82) is 0 Å². The molecule has 0 unspecified atom stereocenters. The van der Waals surface area contributed by atoms with E-state index in [1.165, 1.54) is 6.33 Å². The Balaban J connectivity index is 1.73. The highest BCUT2D eigenvalue weighted by molar-refractivity contribution is 6.31. The monoisotopic (exact) mass is 294 g/mol. The lowest BCUT2D eigenvalue weighted by molar-refractivity contribution is -0.115. The van der Waals surface area contributed by atoms with E-state index in [0.717, 1.165) is 11.3 Å². The summed E-state index contributed by atoms with van der Waals surface area (Å²) in [5, 5.41) is 9.91. The first kappa shape index (κ1) is 14.5. The number of hydrogen-bond donors (Lipinski definition) is 2. The van der Waals surface area contributed by atoms with Crippen molar-refractivity contribution in [2.45, 2.75) is 13.3 Å². The van der Waals surface area contributed by atoms with Crippen LogP contribution in [-0.4, -0.2) is 29.1 Å². The van der Waals surface area contributed by atoms with Crippen LogP contribution in [0.25, 0.3) is 0 Å². The van der Waals surface area contributed by atoms with E-state index in [9.17, 15) is 4.79 Å². The summed E-state index contributed by atoms with van der Waals surface area (Å²) in [5.41, 5.74) is 1.69. The van der Waals surface area contributed by atoms with E-state index in [-0.39, 0.29) is 12.5 Å². The number of amides is 1. The fourth-order valence-electron chi connectivity index (χ4n) is 1.63. The molecular weight excluding hydrogens is 280 g/mol. The summed E-state index contributed by atoms with van der Waals surface area (Å²) in [4.78, 5) is 15.7. The van der Waals surface area contributed by atoms with Gasteiger partial charge in [0.05, 0.1) is 6.54 Å². The van der Waals surface area contributed by atoms with Crippen LogP contribution in [0.15, 0.2) is 29.0 Å². The molecule has 0 saturated heterocycles. The van der Waals surface area contributed by atoms with Gasteiger partial charge >= 0.3 is 0 Å². The van der Waals surface area contributed by atoms with Gasteiger partial charge in [0.2, 0.25) is 11.8 Å². The maximum Gasteiger partial charge on any atom is 0.238 e. The minimum Gasteiger partial charge on any atom is -0.340 e. The summed E-state index contributed by atoms with van der Waals surface area (Å²) in [6, 6.07) is 5.38. The molecule has 1 aromatic carbocycles. The molecule has 1 heterocycles. The molecule has 106 valence electrons. The van der Waals surface area contributed by atoms with Crippen molar-refractivity contribution in [2.24, 2.45) is 0 Å². The van der Waals surface area contributed by atoms with Gasteiger partial charge in [-0.3, -0.25) is 4.79 Å². The number of rotatable bonds is 6. The lowest BCUT2D eigenvalue weighted by atomic mass is 10.2. The van der Waals surface area contributed by atoms with Crippen LogP contribution in [0.5, 0.6) is 0 Å². The fourth-order valence-corrected chi connectivity index (χ4v) is 1.80. The number of carbonyl (C=O) groups excluding carboxylic acids is 1. The van der Waals surface area contributed by atoms with Crippen molar-refractivity contribution < 1.29 is 9.32 Å². The Morgan fingerprint density at radius 3 is 3.05 bits per heavy atom. The van der Waals surface area contributed by atoms with Crippen LogP contribution in [-0.2, 0) is 11.2 Å². The normalized spacial score (nSPS) is 10.5. The van der Waals surface area contributed by atoms with E-state index in [4.69, 9.17) is 16.1 Å². The third kappa shape index (κ3) is 4.32. The van der Waals surface area contributed by atoms with E-state index >= 15 is 0 Å². The molecule has 0 spiro atoms. The third-order valence-corrected chi connectivity index (χ3v) is 2.92. The smallest absolute Gasteiger partial charge is 0.238 e. The Bertz CT molecular complexity index is 572. The molecule has 1 amide bonds. The van der Waals surface area contributed by atoms with E-state index in [1.807, 2.05) is 13.0 Å². The number of nitrogens with one attached hydrogen (secondary N) is 2. The van der Waals surface area contributed by atoms with Crippen LogP contribution in [0.3, 0.4) is 0 Å².